The predicted octanol–water partition coefficient (Wildman–Crippen LogP) is 2.03. The van der Waals surface area contributed by atoms with Crippen LogP contribution in [0.5, 0.6) is 5.75 Å². The van der Waals surface area contributed by atoms with Crippen LogP contribution in [0.4, 0.5) is 4.79 Å². The molecular weight excluding hydrogens is 329 g/mol. The molecule has 0 bridgehead atoms. The fourth-order valence-corrected chi connectivity index (χ4v) is 2.57. The molecule has 6 nitrogen and oxygen atoms in total. The van der Waals surface area contributed by atoms with Gasteiger partial charge in [-0.25, -0.2) is 4.79 Å². The number of carbonyl (C=O) groups excluding carboxylic acids is 2. The Morgan fingerprint density at radius 1 is 1.27 bits per heavy atom. The van der Waals surface area contributed by atoms with Crippen molar-refractivity contribution in [2.24, 2.45) is 5.73 Å². The molecule has 2 rings (SSSR count). The van der Waals surface area contributed by atoms with Crippen LogP contribution in [0.25, 0.3) is 0 Å². The number of piperidine rings is 1. The monoisotopic (exact) mass is 345 g/mol. The number of nitrogens with two attached hydrogens (primary N) is 1. The minimum Gasteiger partial charge on any atom is -0.484 e. The van der Waals surface area contributed by atoms with Crippen molar-refractivity contribution in [2.45, 2.75) is 18.9 Å². The first-order valence-electron chi connectivity index (χ1n) is 6.87. The smallest absolute Gasteiger partial charge is 0.312 e. The van der Waals surface area contributed by atoms with Crippen molar-refractivity contribution in [3.63, 3.8) is 0 Å². The van der Waals surface area contributed by atoms with E-state index >= 15 is 0 Å². The molecule has 0 unspecified atom stereocenters. The summed E-state index contributed by atoms with van der Waals surface area (Å²) >= 11 is 11.7. The van der Waals surface area contributed by atoms with Gasteiger partial charge in [-0.2, -0.15) is 0 Å². The van der Waals surface area contributed by atoms with Crippen LogP contribution in [0.1, 0.15) is 12.8 Å². The minimum absolute atomic E-state index is 0.0255. The van der Waals surface area contributed by atoms with Crippen LogP contribution < -0.4 is 15.8 Å². The van der Waals surface area contributed by atoms with E-state index in [0.717, 1.165) is 0 Å². The number of urea groups is 1. The number of halogens is 2. The Kier molecular flexibility index (Phi) is 5.74. The average molecular weight is 346 g/mol. The number of nitrogens with one attached hydrogen (secondary N) is 1. The number of amides is 3. The highest BCUT2D eigenvalue weighted by Gasteiger charge is 2.23. The maximum absolute atomic E-state index is 12.1. The van der Waals surface area contributed by atoms with E-state index in [1.54, 1.807) is 23.1 Å². The molecule has 1 saturated heterocycles. The van der Waals surface area contributed by atoms with Gasteiger partial charge in [0.05, 0.1) is 10.0 Å². The highest BCUT2D eigenvalue weighted by Crippen LogP contribution is 2.26. The summed E-state index contributed by atoms with van der Waals surface area (Å²) in [7, 11) is 0. The molecule has 120 valence electrons. The molecule has 0 atom stereocenters. The number of hydrogen-bond acceptors (Lipinski definition) is 3. The van der Waals surface area contributed by atoms with E-state index < -0.39 is 6.03 Å². The first-order valence-corrected chi connectivity index (χ1v) is 7.63. The standard InChI is InChI=1S/C14H17Cl2N3O3/c15-11-2-1-10(7-12(11)16)22-8-13(20)19-5-3-9(4-6-19)18-14(17)21/h1-2,7,9H,3-6,8H2,(H3,17,18,21). The fourth-order valence-electron chi connectivity index (χ4n) is 2.28. The van der Waals surface area contributed by atoms with E-state index in [0.29, 0.717) is 41.7 Å². The van der Waals surface area contributed by atoms with Crippen molar-refractivity contribution in [3.05, 3.63) is 28.2 Å². The van der Waals surface area contributed by atoms with Gasteiger partial charge in [0.2, 0.25) is 0 Å². The first kappa shape index (κ1) is 16.7. The molecule has 0 saturated carbocycles. The van der Waals surface area contributed by atoms with Gasteiger partial charge in [-0.3, -0.25) is 4.79 Å². The fraction of sp³-hybridized carbons (Fsp3) is 0.429. The number of hydrogen-bond donors (Lipinski definition) is 2. The Hall–Kier alpha value is -1.66. The number of carbonyl (C=O) groups is 2. The van der Waals surface area contributed by atoms with Crippen LogP contribution in [-0.4, -0.2) is 42.6 Å². The van der Waals surface area contributed by atoms with E-state index in [1.165, 1.54) is 0 Å². The molecule has 1 fully saturated rings. The second kappa shape index (κ2) is 7.56. The third-order valence-electron chi connectivity index (χ3n) is 3.45. The summed E-state index contributed by atoms with van der Waals surface area (Å²) in [6, 6.07) is 4.33. The molecular formula is C14H17Cl2N3O3. The van der Waals surface area contributed by atoms with Crippen molar-refractivity contribution >= 4 is 35.1 Å². The summed E-state index contributed by atoms with van der Waals surface area (Å²) in [6.45, 7) is 1.06. The molecule has 1 heterocycles. The maximum atomic E-state index is 12.1. The third-order valence-corrected chi connectivity index (χ3v) is 4.19. The number of primary amides is 1. The van der Waals surface area contributed by atoms with Gasteiger partial charge in [0, 0.05) is 25.2 Å². The number of benzene rings is 1. The van der Waals surface area contributed by atoms with Gasteiger partial charge in [-0.1, -0.05) is 23.2 Å². The van der Waals surface area contributed by atoms with Crippen LogP contribution in [0.15, 0.2) is 18.2 Å². The van der Waals surface area contributed by atoms with Crippen LogP contribution >= 0.6 is 23.2 Å². The van der Waals surface area contributed by atoms with Crippen LogP contribution in [0.2, 0.25) is 10.0 Å². The van der Waals surface area contributed by atoms with Crippen molar-refractivity contribution in [1.29, 1.82) is 0 Å². The quantitative estimate of drug-likeness (QED) is 0.875. The van der Waals surface area contributed by atoms with Crippen LogP contribution in [-0.2, 0) is 4.79 Å². The van der Waals surface area contributed by atoms with Crippen LogP contribution in [0, 0.1) is 0 Å². The van der Waals surface area contributed by atoms with E-state index in [1.807, 2.05) is 0 Å². The molecule has 1 aliphatic rings. The Labute approximate surface area is 138 Å². The van der Waals surface area contributed by atoms with Crippen molar-refractivity contribution < 1.29 is 14.3 Å². The summed E-state index contributed by atoms with van der Waals surface area (Å²) in [5.41, 5.74) is 5.08. The van der Waals surface area contributed by atoms with E-state index in [9.17, 15) is 9.59 Å². The van der Waals surface area contributed by atoms with Gasteiger partial charge < -0.3 is 20.7 Å². The number of likely N-dealkylation sites (tertiary alicyclic amines) is 1. The van der Waals surface area contributed by atoms with Crippen LogP contribution in [0.3, 0.4) is 0 Å². The molecule has 0 spiro atoms. The molecule has 22 heavy (non-hydrogen) atoms. The van der Waals surface area contributed by atoms with Gasteiger partial charge in [0.15, 0.2) is 6.61 Å². The number of ether oxygens (including phenoxy) is 1. The summed E-state index contributed by atoms with van der Waals surface area (Å²) in [5.74, 6) is 0.386. The lowest BCUT2D eigenvalue weighted by Crippen LogP contribution is -2.48. The zero-order valence-corrected chi connectivity index (χ0v) is 13.4. The summed E-state index contributed by atoms with van der Waals surface area (Å²) < 4.78 is 5.42. The second-order valence-corrected chi connectivity index (χ2v) is 5.84. The Balaban J connectivity index is 1.78. The summed E-state index contributed by atoms with van der Waals surface area (Å²) in [5, 5.41) is 3.47. The third kappa shape index (κ3) is 4.68. The number of nitrogens with zero attached hydrogens (tertiary/aromatic N) is 1. The van der Waals surface area contributed by atoms with Gasteiger partial charge in [0.25, 0.3) is 5.91 Å². The zero-order valence-electron chi connectivity index (χ0n) is 11.9. The Bertz CT molecular complexity index is 560. The SMILES string of the molecule is NC(=O)NC1CCN(C(=O)COc2ccc(Cl)c(Cl)c2)CC1. The second-order valence-electron chi connectivity index (χ2n) is 5.03. The molecule has 1 aliphatic heterocycles. The normalized spacial score (nSPS) is 15.5. The van der Waals surface area contributed by atoms with Gasteiger partial charge >= 0.3 is 6.03 Å². The van der Waals surface area contributed by atoms with Crippen molar-refractivity contribution in [2.75, 3.05) is 19.7 Å². The van der Waals surface area contributed by atoms with Crippen molar-refractivity contribution in [1.82, 2.24) is 10.2 Å². The number of rotatable bonds is 4. The molecule has 0 aliphatic carbocycles. The molecule has 3 amide bonds. The average Bonchev–Trinajstić information content (AvgIpc) is 2.48. The lowest BCUT2D eigenvalue weighted by Gasteiger charge is -2.32. The van der Waals surface area contributed by atoms with E-state index in [4.69, 9.17) is 33.7 Å². The topological polar surface area (TPSA) is 84.7 Å². The van der Waals surface area contributed by atoms with Gasteiger partial charge in [-0.05, 0) is 25.0 Å². The largest absolute Gasteiger partial charge is 0.484 e. The Morgan fingerprint density at radius 2 is 1.95 bits per heavy atom. The van der Waals surface area contributed by atoms with Gasteiger partial charge in [0.1, 0.15) is 5.75 Å². The highest BCUT2D eigenvalue weighted by molar-refractivity contribution is 6.42. The van der Waals surface area contributed by atoms with Gasteiger partial charge in [-0.15, -0.1) is 0 Å². The summed E-state index contributed by atoms with van der Waals surface area (Å²) in [4.78, 5) is 24.6. The van der Waals surface area contributed by atoms with E-state index in [-0.39, 0.29) is 18.6 Å². The maximum Gasteiger partial charge on any atom is 0.312 e. The Morgan fingerprint density at radius 3 is 2.55 bits per heavy atom. The van der Waals surface area contributed by atoms with Crippen molar-refractivity contribution in [3.8, 4) is 5.75 Å². The molecule has 3 N–H and O–H groups in total. The minimum atomic E-state index is -0.535. The first-order chi connectivity index (χ1) is 10.5. The molecule has 1 aromatic carbocycles. The molecule has 0 radical (unpaired) electrons. The highest BCUT2D eigenvalue weighted by atomic mass is 35.5. The molecule has 0 aromatic heterocycles. The lowest BCUT2D eigenvalue weighted by molar-refractivity contribution is -0.134. The zero-order chi connectivity index (χ0) is 16.1. The van der Waals surface area contributed by atoms with E-state index in [2.05, 4.69) is 5.32 Å². The molecule has 8 heteroatoms. The lowest BCUT2D eigenvalue weighted by atomic mass is 10.1. The predicted molar refractivity (Wildman–Crippen MR) is 84.3 cm³/mol. The summed E-state index contributed by atoms with van der Waals surface area (Å²) in [6.07, 6.45) is 1.36. The molecule has 1 aromatic rings.